The zero-order chi connectivity index (χ0) is 24.0. The first-order chi connectivity index (χ1) is 15.8. The number of carbonyl (C=O) groups excluding carboxylic acids is 2. The number of fused-ring (bicyclic) bond motifs is 1. The van der Waals surface area contributed by atoms with E-state index >= 15 is 0 Å². The molecule has 2 aromatic carbocycles. The van der Waals surface area contributed by atoms with Crippen molar-refractivity contribution < 1.29 is 18.7 Å². The third-order valence-electron chi connectivity index (χ3n) is 5.76. The number of hydrogen-bond donors (Lipinski definition) is 1. The van der Waals surface area contributed by atoms with E-state index in [9.17, 15) is 14.0 Å². The Bertz CT molecular complexity index is 1120. The minimum atomic E-state index is -0.312. The van der Waals surface area contributed by atoms with Crippen LogP contribution in [0.3, 0.4) is 0 Å². The fourth-order valence-electron chi connectivity index (χ4n) is 3.94. The van der Waals surface area contributed by atoms with Crippen LogP contribution >= 0.6 is 0 Å². The van der Waals surface area contributed by atoms with Gasteiger partial charge >= 0.3 is 0 Å². The minimum Gasteiger partial charge on any atom is -0.484 e. The van der Waals surface area contributed by atoms with E-state index in [4.69, 9.17) is 4.74 Å². The van der Waals surface area contributed by atoms with Gasteiger partial charge in [0, 0.05) is 43.3 Å². The number of rotatable bonds is 10. The SMILES string of the molecule is CCCN(CCC)C(=O)COc1ccc2c(c1)c(C(=O)NCc1ccc(F)cc1)c(C)n2C. The van der Waals surface area contributed by atoms with Gasteiger partial charge in [0.05, 0.1) is 5.56 Å². The maximum Gasteiger partial charge on any atom is 0.260 e. The van der Waals surface area contributed by atoms with Gasteiger partial charge in [0.2, 0.25) is 0 Å². The summed E-state index contributed by atoms with van der Waals surface area (Å²) in [5.74, 6) is -0.0245. The molecule has 1 aromatic heterocycles. The first-order valence-corrected chi connectivity index (χ1v) is 11.4. The van der Waals surface area contributed by atoms with Crippen LogP contribution in [0, 0.1) is 12.7 Å². The van der Waals surface area contributed by atoms with Gasteiger partial charge in [-0.25, -0.2) is 4.39 Å². The number of carbonyl (C=O) groups is 2. The second-order valence-electron chi connectivity index (χ2n) is 8.18. The van der Waals surface area contributed by atoms with Crippen LogP contribution in [0.1, 0.15) is 48.3 Å². The number of aryl methyl sites for hydroxylation is 1. The molecule has 0 fully saturated rings. The highest BCUT2D eigenvalue weighted by molar-refractivity contribution is 6.08. The predicted molar refractivity (Wildman–Crippen MR) is 128 cm³/mol. The Kier molecular flexibility index (Phi) is 8.09. The Balaban J connectivity index is 1.77. The highest BCUT2D eigenvalue weighted by atomic mass is 19.1. The average Bonchev–Trinajstić information content (AvgIpc) is 3.06. The fourth-order valence-corrected chi connectivity index (χ4v) is 3.94. The summed E-state index contributed by atoms with van der Waals surface area (Å²) in [6, 6.07) is 11.6. The van der Waals surface area contributed by atoms with Crippen molar-refractivity contribution in [2.45, 2.75) is 40.2 Å². The second-order valence-corrected chi connectivity index (χ2v) is 8.18. The van der Waals surface area contributed by atoms with Gasteiger partial charge < -0.3 is 19.5 Å². The number of halogens is 1. The molecule has 0 radical (unpaired) electrons. The van der Waals surface area contributed by atoms with Crippen LogP contribution in [0.4, 0.5) is 4.39 Å². The van der Waals surface area contributed by atoms with Gasteiger partial charge in [0.25, 0.3) is 11.8 Å². The van der Waals surface area contributed by atoms with Crippen molar-refractivity contribution in [1.82, 2.24) is 14.8 Å². The average molecular weight is 454 g/mol. The lowest BCUT2D eigenvalue weighted by atomic mass is 10.1. The van der Waals surface area contributed by atoms with Crippen LogP contribution in [-0.2, 0) is 18.4 Å². The van der Waals surface area contributed by atoms with Crippen LogP contribution in [-0.4, -0.2) is 41.0 Å². The number of aromatic nitrogens is 1. The quantitative estimate of drug-likeness (QED) is 0.489. The number of nitrogens with zero attached hydrogens (tertiary/aromatic N) is 2. The summed E-state index contributed by atoms with van der Waals surface area (Å²) in [6.07, 6.45) is 1.80. The molecule has 2 amide bonds. The predicted octanol–water partition coefficient (Wildman–Crippen LogP) is 4.58. The smallest absolute Gasteiger partial charge is 0.260 e. The molecule has 1 N–H and O–H groups in total. The second kappa shape index (κ2) is 11.0. The third kappa shape index (κ3) is 5.72. The van der Waals surface area contributed by atoms with Crippen molar-refractivity contribution in [2.75, 3.05) is 19.7 Å². The van der Waals surface area contributed by atoms with Gasteiger partial charge in [0.1, 0.15) is 11.6 Å². The Hall–Kier alpha value is -3.35. The van der Waals surface area contributed by atoms with Gasteiger partial charge in [-0.2, -0.15) is 0 Å². The van der Waals surface area contributed by atoms with Crippen LogP contribution in [0.25, 0.3) is 10.9 Å². The van der Waals surface area contributed by atoms with Crippen LogP contribution in [0.2, 0.25) is 0 Å². The van der Waals surface area contributed by atoms with Crippen LogP contribution < -0.4 is 10.1 Å². The fraction of sp³-hybridized carbons (Fsp3) is 0.385. The van der Waals surface area contributed by atoms with E-state index in [0.29, 0.717) is 30.9 Å². The van der Waals surface area contributed by atoms with Gasteiger partial charge in [-0.1, -0.05) is 26.0 Å². The third-order valence-corrected chi connectivity index (χ3v) is 5.76. The Morgan fingerprint density at radius 3 is 2.36 bits per heavy atom. The highest BCUT2D eigenvalue weighted by Gasteiger charge is 2.20. The van der Waals surface area contributed by atoms with Crippen molar-refractivity contribution in [2.24, 2.45) is 7.05 Å². The van der Waals surface area contributed by atoms with Gasteiger partial charge in [-0.05, 0) is 55.7 Å². The highest BCUT2D eigenvalue weighted by Crippen LogP contribution is 2.29. The molecule has 6 nitrogen and oxygen atoms in total. The van der Waals surface area contributed by atoms with Crippen LogP contribution in [0.15, 0.2) is 42.5 Å². The van der Waals surface area contributed by atoms with Crippen LogP contribution in [0.5, 0.6) is 5.75 Å². The molecule has 0 aliphatic rings. The van der Waals surface area contributed by atoms with Crippen molar-refractivity contribution in [1.29, 1.82) is 0 Å². The lowest BCUT2D eigenvalue weighted by molar-refractivity contribution is -0.133. The normalized spacial score (nSPS) is 10.9. The van der Waals surface area contributed by atoms with Gasteiger partial charge in [-0.15, -0.1) is 0 Å². The zero-order valence-electron chi connectivity index (χ0n) is 19.8. The zero-order valence-corrected chi connectivity index (χ0v) is 19.8. The lowest BCUT2D eigenvalue weighted by Crippen LogP contribution is -2.36. The van der Waals surface area contributed by atoms with Crippen molar-refractivity contribution in [3.05, 3.63) is 65.1 Å². The molecule has 176 valence electrons. The summed E-state index contributed by atoms with van der Waals surface area (Å²) < 4.78 is 20.9. The Morgan fingerprint density at radius 1 is 1.06 bits per heavy atom. The maximum absolute atomic E-state index is 13.1. The first kappa shape index (κ1) is 24.3. The maximum atomic E-state index is 13.1. The van der Waals surface area contributed by atoms with Crippen molar-refractivity contribution in [3.8, 4) is 5.75 Å². The van der Waals surface area contributed by atoms with Gasteiger partial charge in [-0.3, -0.25) is 9.59 Å². The molecule has 0 aliphatic heterocycles. The van der Waals surface area contributed by atoms with E-state index in [1.807, 2.05) is 55.5 Å². The first-order valence-electron chi connectivity index (χ1n) is 11.4. The Labute approximate surface area is 194 Å². The minimum absolute atomic E-state index is 0.0383. The number of benzene rings is 2. The molecular formula is C26H32FN3O3. The molecule has 3 rings (SSSR count). The molecule has 0 saturated carbocycles. The number of nitrogens with one attached hydrogen (secondary N) is 1. The summed E-state index contributed by atoms with van der Waals surface area (Å²) in [6.45, 7) is 7.67. The molecule has 0 aliphatic carbocycles. The molecule has 1 heterocycles. The largest absolute Gasteiger partial charge is 0.484 e. The molecule has 7 heteroatoms. The van der Waals surface area contributed by atoms with E-state index in [1.54, 1.807) is 12.1 Å². The summed E-state index contributed by atoms with van der Waals surface area (Å²) in [5, 5.41) is 3.68. The molecule has 0 spiro atoms. The Morgan fingerprint density at radius 2 is 1.73 bits per heavy atom. The summed E-state index contributed by atoms with van der Waals surface area (Å²) in [5.41, 5.74) is 3.10. The standard InChI is InChI=1S/C26H32FN3O3/c1-5-13-30(14-6-2)24(31)17-33-21-11-12-23-22(15-21)25(18(3)29(23)4)26(32)28-16-19-7-9-20(27)10-8-19/h7-12,15H,5-6,13-14,16-17H2,1-4H3,(H,28,32). The molecule has 33 heavy (non-hydrogen) atoms. The number of amides is 2. The monoisotopic (exact) mass is 453 g/mol. The molecule has 3 aromatic rings. The molecule has 0 saturated heterocycles. The van der Waals surface area contributed by atoms with E-state index in [0.717, 1.165) is 35.0 Å². The lowest BCUT2D eigenvalue weighted by Gasteiger charge is -2.21. The summed E-state index contributed by atoms with van der Waals surface area (Å²) in [7, 11) is 1.91. The molecule has 0 atom stereocenters. The van der Waals surface area contributed by atoms with E-state index in [-0.39, 0.29) is 24.2 Å². The topological polar surface area (TPSA) is 63.6 Å². The van der Waals surface area contributed by atoms with Crippen molar-refractivity contribution in [3.63, 3.8) is 0 Å². The van der Waals surface area contributed by atoms with Gasteiger partial charge in [0.15, 0.2) is 6.61 Å². The van der Waals surface area contributed by atoms with E-state index in [1.165, 1.54) is 12.1 Å². The number of ether oxygens (including phenoxy) is 1. The van der Waals surface area contributed by atoms with E-state index < -0.39 is 0 Å². The summed E-state index contributed by atoms with van der Waals surface area (Å²) in [4.78, 5) is 27.4. The van der Waals surface area contributed by atoms with Crippen molar-refractivity contribution >= 4 is 22.7 Å². The van der Waals surface area contributed by atoms with E-state index in [2.05, 4.69) is 5.32 Å². The molecular weight excluding hydrogens is 421 g/mol. The molecule has 0 bridgehead atoms. The number of hydrogen-bond acceptors (Lipinski definition) is 3. The summed E-state index contributed by atoms with van der Waals surface area (Å²) >= 11 is 0. The molecule has 0 unspecified atom stereocenters.